The van der Waals surface area contributed by atoms with E-state index in [2.05, 4.69) is 53.7 Å². The molecule has 0 saturated carbocycles. The Hall–Kier alpha value is -1.08. The molecule has 0 N–H and O–H groups in total. The molecule has 0 fully saturated rings. The van der Waals surface area contributed by atoms with Crippen molar-refractivity contribution >= 4 is 44.7 Å². The molecule has 0 amide bonds. The van der Waals surface area contributed by atoms with Crippen LogP contribution < -0.4 is 0 Å². The second-order valence-electron chi connectivity index (χ2n) is 7.83. The van der Waals surface area contributed by atoms with Gasteiger partial charge in [0.2, 0.25) is 0 Å². The lowest BCUT2D eigenvalue weighted by molar-refractivity contribution is -0.143. The minimum atomic E-state index is -0.116. The summed E-state index contributed by atoms with van der Waals surface area (Å²) >= 11 is 5.15. The number of halogens is 1. The highest BCUT2D eigenvalue weighted by Gasteiger charge is 2.17. The van der Waals surface area contributed by atoms with Crippen LogP contribution in [0, 0.1) is 12.8 Å². The molecule has 2 heterocycles. The van der Waals surface area contributed by atoms with Crippen molar-refractivity contribution in [2.45, 2.75) is 77.7 Å². The van der Waals surface area contributed by atoms with Gasteiger partial charge in [-0.15, -0.1) is 11.8 Å². The van der Waals surface area contributed by atoms with E-state index in [0.717, 1.165) is 45.0 Å². The molecule has 0 atom stereocenters. The summed E-state index contributed by atoms with van der Waals surface area (Å²) in [6.07, 6.45) is 4.94. The molecule has 0 aliphatic carbocycles. The van der Waals surface area contributed by atoms with Crippen molar-refractivity contribution in [3.8, 4) is 0 Å². The van der Waals surface area contributed by atoms with Gasteiger partial charge in [-0.05, 0) is 55.1 Å². The van der Waals surface area contributed by atoms with E-state index < -0.39 is 0 Å². The zero-order valence-electron chi connectivity index (χ0n) is 17.6. The van der Waals surface area contributed by atoms with E-state index in [4.69, 9.17) is 4.74 Å². The summed E-state index contributed by atoms with van der Waals surface area (Å²) in [5.41, 5.74) is 2.87. The van der Waals surface area contributed by atoms with Gasteiger partial charge in [-0.3, -0.25) is 9.48 Å². The van der Waals surface area contributed by atoms with Gasteiger partial charge in [-0.1, -0.05) is 33.1 Å². The van der Waals surface area contributed by atoms with Crippen LogP contribution in [0.15, 0.2) is 15.6 Å². The SMILES string of the molecule is Cc1nn(C(C)C)c2c(SCCC(=O)OCCCCCC(C)C)cc(Br)nc12. The Labute approximate surface area is 181 Å². The lowest BCUT2D eigenvalue weighted by atomic mass is 10.1. The molecule has 7 heteroatoms. The highest BCUT2D eigenvalue weighted by atomic mass is 79.9. The predicted octanol–water partition coefficient (Wildman–Crippen LogP) is 6.32. The number of esters is 1. The van der Waals surface area contributed by atoms with Gasteiger partial charge in [0.25, 0.3) is 0 Å². The van der Waals surface area contributed by atoms with E-state index in [1.165, 1.54) is 12.8 Å². The molecule has 5 nitrogen and oxygen atoms in total. The van der Waals surface area contributed by atoms with Crippen molar-refractivity contribution in [3.63, 3.8) is 0 Å². The second kappa shape index (κ2) is 11.2. The van der Waals surface area contributed by atoms with Crippen LogP contribution in [-0.2, 0) is 9.53 Å². The first kappa shape index (κ1) is 23.2. The van der Waals surface area contributed by atoms with Gasteiger partial charge in [0, 0.05) is 16.7 Å². The molecule has 0 aliphatic heterocycles. The van der Waals surface area contributed by atoms with Gasteiger partial charge in [0.05, 0.1) is 18.7 Å². The summed E-state index contributed by atoms with van der Waals surface area (Å²) in [6.45, 7) is 11.2. The molecule has 2 aromatic heterocycles. The van der Waals surface area contributed by atoms with E-state index in [9.17, 15) is 4.79 Å². The van der Waals surface area contributed by atoms with Crippen molar-refractivity contribution in [1.29, 1.82) is 0 Å². The molecule has 2 aromatic rings. The fraction of sp³-hybridized carbons (Fsp3) is 0.667. The Kier molecular flexibility index (Phi) is 9.28. The van der Waals surface area contributed by atoms with E-state index in [-0.39, 0.29) is 12.0 Å². The van der Waals surface area contributed by atoms with Gasteiger partial charge in [0.1, 0.15) is 15.6 Å². The quantitative estimate of drug-likeness (QED) is 0.166. The number of carbonyl (C=O) groups excluding carboxylic acids is 1. The monoisotopic (exact) mass is 469 g/mol. The van der Waals surface area contributed by atoms with Crippen molar-refractivity contribution in [2.24, 2.45) is 5.92 Å². The number of aromatic nitrogens is 3. The number of pyridine rings is 1. The molecule has 156 valence electrons. The Bertz CT molecular complexity index is 790. The van der Waals surface area contributed by atoms with Crippen LogP contribution in [0.3, 0.4) is 0 Å². The summed E-state index contributed by atoms with van der Waals surface area (Å²) in [4.78, 5) is 17.7. The van der Waals surface area contributed by atoms with E-state index in [1.54, 1.807) is 11.8 Å². The van der Waals surface area contributed by atoms with Gasteiger partial charge >= 0.3 is 5.97 Å². The number of thioether (sulfide) groups is 1. The second-order valence-corrected chi connectivity index (χ2v) is 9.78. The first-order chi connectivity index (χ1) is 13.3. The predicted molar refractivity (Wildman–Crippen MR) is 120 cm³/mol. The third kappa shape index (κ3) is 6.76. The van der Waals surface area contributed by atoms with E-state index in [0.29, 0.717) is 18.8 Å². The number of carbonyl (C=O) groups is 1. The van der Waals surface area contributed by atoms with Crippen LogP contribution in [-0.4, -0.2) is 33.1 Å². The minimum absolute atomic E-state index is 0.116. The normalized spacial score (nSPS) is 11.7. The number of ether oxygens (including phenoxy) is 1. The number of rotatable bonds is 11. The molecular weight excluding hydrogens is 438 g/mol. The summed E-state index contributed by atoms with van der Waals surface area (Å²) in [5, 5.41) is 4.64. The largest absolute Gasteiger partial charge is 0.466 e. The Morgan fingerprint density at radius 2 is 2.00 bits per heavy atom. The fourth-order valence-corrected chi connectivity index (χ4v) is 4.60. The Balaban J connectivity index is 1.86. The summed E-state index contributed by atoms with van der Waals surface area (Å²) < 4.78 is 8.18. The van der Waals surface area contributed by atoms with Crippen molar-refractivity contribution in [1.82, 2.24) is 14.8 Å². The molecule has 0 aliphatic rings. The van der Waals surface area contributed by atoms with Gasteiger partial charge in [0.15, 0.2) is 0 Å². The number of hydrogen-bond donors (Lipinski definition) is 0. The van der Waals surface area contributed by atoms with Crippen LogP contribution in [0.4, 0.5) is 0 Å². The average Bonchev–Trinajstić information content (AvgIpc) is 2.95. The molecule has 0 radical (unpaired) electrons. The van der Waals surface area contributed by atoms with Gasteiger partial charge in [-0.2, -0.15) is 5.10 Å². The average molecular weight is 470 g/mol. The molecule has 0 bridgehead atoms. The summed E-state index contributed by atoms with van der Waals surface area (Å²) in [7, 11) is 0. The number of nitrogens with zero attached hydrogens (tertiary/aromatic N) is 3. The summed E-state index contributed by atoms with van der Waals surface area (Å²) in [5.74, 6) is 1.31. The number of unbranched alkanes of at least 4 members (excludes halogenated alkanes) is 2. The van der Waals surface area contributed by atoms with Crippen molar-refractivity contribution in [2.75, 3.05) is 12.4 Å². The topological polar surface area (TPSA) is 57.0 Å². The lowest BCUT2D eigenvalue weighted by Gasteiger charge is -2.11. The number of hydrogen-bond acceptors (Lipinski definition) is 5. The standard InChI is InChI=1S/C21H32BrN3O2S/c1-14(2)9-7-6-8-11-27-19(26)10-12-28-17-13-18(22)23-20-16(5)24-25(15(3)4)21(17)20/h13-15H,6-12H2,1-5H3. The fourth-order valence-electron chi connectivity index (χ4n) is 3.04. The maximum atomic E-state index is 12.0. The van der Waals surface area contributed by atoms with Gasteiger partial charge < -0.3 is 4.74 Å². The van der Waals surface area contributed by atoms with Crippen LogP contribution in [0.25, 0.3) is 11.0 Å². The van der Waals surface area contributed by atoms with Gasteiger partial charge in [-0.25, -0.2) is 4.98 Å². The minimum Gasteiger partial charge on any atom is -0.466 e. The van der Waals surface area contributed by atoms with Crippen LogP contribution in [0.5, 0.6) is 0 Å². The Morgan fingerprint density at radius 3 is 2.68 bits per heavy atom. The Morgan fingerprint density at radius 1 is 1.25 bits per heavy atom. The van der Waals surface area contributed by atoms with Crippen molar-refractivity contribution in [3.05, 3.63) is 16.4 Å². The first-order valence-electron chi connectivity index (χ1n) is 10.1. The molecular formula is C21H32BrN3O2S. The first-order valence-corrected chi connectivity index (χ1v) is 11.9. The molecule has 2 rings (SSSR count). The highest BCUT2D eigenvalue weighted by molar-refractivity contribution is 9.10. The van der Waals surface area contributed by atoms with E-state index >= 15 is 0 Å². The molecule has 0 spiro atoms. The number of aryl methyl sites for hydroxylation is 1. The van der Waals surface area contributed by atoms with E-state index in [1.807, 2.05) is 17.7 Å². The molecule has 0 unspecified atom stereocenters. The zero-order valence-corrected chi connectivity index (χ0v) is 20.0. The maximum absolute atomic E-state index is 12.0. The van der Waals surface area contributed by atoms with Crippen LogP contribution in [0.2, 0.25) is 0 Å². The smallest absolute Gasteiger partial charge is 0.306 e. The number of fused-ring (bicyclic) bond motifs is 1. The molecule has 0 aromatic carbocycles. The summed E-state index contributed by atoms with van der Waals surface area (Å²) in [6, 6.07) is 2.26. The van der Waals surface area contributed by atoms with Crippen molar-refractivity contribution < 1.29 is 9.53 Å². The van der Waals surface area contributed by atoms with Crippen LogP contribution >= 0.6 is 27.7 Å². The lowest BCUT2D eigenvalue weighted by Crippen LogP contribution is -2.07. The zero-order chi connectivity index (χ0) is 20.7. The molecule has 28 heavy (non-hydrogen) atoms. The highest BCUT2D eigenvalue weighted by Crippen LogP contribution is 2.33. The third-order valence-electron chi connectivity index (χ3n) is 4.50. The maximum Gasteiger partial charge on any atom is 0.306 e. The third-order valence-corrected chi connectivity index (χ3v) is 5.93. The van der Waals surface area contributed by atoms with Crippen LogP contribution in [0.1, 0.15) is 71.5 Å². The molecule has 0 saturated heterocycles.